The summed E-state index contributed by atoms with van der Waals surface area (Å²) in [6.45, 7) is 3.10. The molecule has 2 aromatic rings. The van der Waals surface area contributed by atoms with Crippen LogP contribution in [-0.2, 0) is 36.8 Å². The van der Waals surface area contributed by atoms with Crippen LogP contribution < -0.4 is 16.4 Å². The van der Waals surface area contributed by atoms with Gasteiger partial charge in [-0.3, -0.25) is 19.2 Å². The highest BCUT2D eigenvalue weighted by Crippen LogP contribution is 2.22. The van der Waals surface area contributed by atoms with Crippen LogP contribution in [0.15, 0.2) is 42.5 Å². The Morgan fingerprint density at radius 2 is 1.48 bits per heavy atom. The number of likely N-dealkylation sites (N-methyl/N-ethyl adjacent to an activating group) is 2. The number of rotatable bonds is 15. The van der Waals surface area contributed by atoms with Crippen molar-refractivity contribution >= 4 is 54.9 Å². The number of benzene rings is 2. The highest BCUT2D eigenvalue weighted by atomic mass is 32.1. The van der Waals surface area contributed by atoms with Gasteiger partial charge < -0.3 is 36.4 Å². The van der Waals surface area contributed by atoms with E-state index in [-0.39, 0.29) is 30.1 Å². The maximum absolute atomic E-state index is 13.4. The first-order valence-corrected chi connectivity index (χ1v) is 15.1. The third kappa shape index (κ3) is 9.89. The number of nitrogens with zero attached hydrogens (tertiary/aromatic N) is 2. The van der Waals surface area contributed by atoms with Gasteiger partial charge in [0.2, 0.25) is 23.6 Å². The highest BCUT2D eigenvalue weighted by molar-refractivity contribution is 7.80. The molecule has 0 heterocycles. The maximum atomic E-state index is 13.4. The Bertz CT molecular complexity index is 1320. The monoisotopic (exact) mass is 647 g/mol. The predicted octanol–water partition coefficient (Wildman–Crippen LogP) is 0.321. The van der Waals surface area contributed by atoms with E-state index in [0.29, 0.717) is 0 Å². The number of hydrogen-bond acceptors (Lipinski definition) is 9. The van der Waals surface area contributed by atoms with Gasteiger partial charge >= 0.3 is 5.97 Å². The zero-order valence-electron chi connectivity index (χ0n) is 25.2. The molecule has 0 unspecified atom stereocenters. The summed E-state index contributed by atoms with van der Waals surface area (Å²) in [5.41, 5.74) is 9.22. The molecular weight excluding hydrogens is 606 g/mol. The lowest BCUT2D eigenvalue weighted by atomic mass is 9.96. The number of aliphatic carboxylic acids is 1. The van der Waals surface area contributed by atoms with E-state index in [4.69, 9.17) is 5.73 Å². The van der Waals surface area contributed by atoms with Crippen molar-refractivity contribution in [1.82, 2.24) is 20.4 Å². The molecule has 4 amide bonds. The van der Waals surface area contributed by atoms with Crippen LogP contribution in [0.3, 0.4) is 0 Å². The molecule has 0 aromatic heterocycles. The normalized spacial score (nSPS) is 13.6. The number of thiol groups is 2. The van der Waals surface area contributed by atoms with Gasteiger partial charge in [0.1, 0.15) is 23.9 Å². The molecule has 0 saturated heterocycles. The molecule has 0 bridgehead atoms. The Hall–Kier alpha value is -3.75. The SMILES string of the molecule is Cc1cc(O)cc(C)c1C[C@H](N)C(=O)N[C@H](CS)C(=O)NCC(=O)N(C)[C@@H](Cc1ccccc1)C(=O)N(C)[C@@H](CS)C(=O)O. The number of hydrogen-bond donors (Lipinski definition) is 7. The van der Waals surface area contributed by atoms with Gasteiger partial charge in [-0.1, -0.05) is 30.3 Å². The van der Waals surface area contributed by atoms with E-state index in [9.17, 15) is 34.2 Å². The lowest BCUT2D eigenvalue weighted by molar-refractivity contribution is -0.152. The summed E-state index contributed by atoms with van der Waals surface area (Å²) in [5.74, 6) is -3.82. The van der Waals surface area contributed by atoms with E-state index in [0.717, 1.165) is 32.1 Å². The maximum Gasteiger partial charge on any atom is 0.327 e. The van der Waals surface area contributed by atoms with E-state index >= 15 is 0 Å². The summed E-state index contributed by atoms with van der Waals surface area (Å²) < 4.78 is 0. The molecule has 44 heavy (non-hydrogen) atoms. The van der Waals surface area contributed by atoms with Crippen LogP contribution in [0.4, 0.5) is 0 Å². The molecule has 4 atom stereocenters. The molecule has 0 radical (unpaired) electrons. The van der Waals surface area contributed by atoms with Gasteiger partial charge in [-0.05, 0) is 54.7 Å². The molecule has 0 aliphatic heterocycles. The van der Waals surface area contributed by atoms with Crippen LogP contribution in [-0.4, -0.2) is 106 Å². The predicted molar refractivity (Wildman–Crippen MR) is 173 cm³/mol. The lowest BCUT2D eigenvalue weighted by Gasteiger charge is -2.33. The van der Waals surface area contributed by atoms with Crippen LogP contribution in [0.5, 0.6) is 5.75 Å². The topological polar surface area (TPSA) is 182 Å². The van der Waals surface area contributed by atoms with Crippen molar-refractivity contribution in [3.63, 3.8) is 0 Å². The number of nitrogens with one attached hydrogen (secondary N) is 2. The van der Waals surface area contributed by atoms with Gasteiger partial charge in [0.05, 0.1) is 12.6 Å². The largest absolute Gasteiger partial charge is 0.508 e. The Kier molecular flexibility index (Phi) is 14.0. The second kappa shape index (κ2) is 16.9. The zero-order valence-corrected chi connectivity index (χ0v) is 27.0. The van der Waals surface area contributed by atoms with Crippen LogP contribution >= 0.6 is 25.3 Å². The van der Waals surface area contributed by atoms with E-state index in [1.54, 1.807) is 56.3 Å². The number of nitrogens with two attached hydrogens (primary N) is 1. The second-order valence-electron chi connectivity index (χ2n) is 10.5. The molecule has 0 fully saturated rings. The molecule has 240 valence electrons. The number of phenols is 1. The molecule has 0 aliphatic carbocycles. The van der Waals surface area contributed by atoms with Crippen molar-refractivity contribution in [3.05, 3.63) is 64.7 Å². The average molecular weight is 648 g/mol. The van der Waals surface area contributed by atoms with Crippen LogP contribution in [0.1, 0.15) is 22.3 Å². The number of amides is 4. The van der Waals surface area contributed by atoms with Crippen LogP contribution in [0.25, 0.3) is 0 Å². The summed E-state index contributed by atoms with van der Waals surface area (Å²) in [6, 6.07) is 7.70. The van der Waals surface area contributed by atoms with Gasteiger partial charge in [-0.2, -0.15) is 25.3 Å². The van der Waals surface area contributed by atoms with Crippen LogP contribution in [0.2, 0.25) is 0 Å². The van der Waals surface area contributed by atoms with Crippen LogP contribution in [0, 0.1) is 13.8 Å². The van der Waals surface area contributed by atoms with E-state index in [1.165, 1.54) is 14.1 Å². The fourth-order valence-corrected chi connectivity index (χ4v) is 5.30. The van der Waals surface area contributed by atoms with Crippen molar-refractivity contribution < 1.29 is 34.2 Å². The van der Waals surface area contributed by atoms with Crippen molar-refractivity contribution in [1.29, 1.82) is 0 Å². The third-order valence-corrected chi connectivity index (χ3v) is 8.07. The highest BCUT2D eigenvalue weighted by Gasteiger charge is 2.34. The Morgan fingerprint density at radius 1 is 0.886 bits per heavy atom. The third-order valence-electron chi connectivity index (χ3n) is 7.36. The second-order valence-corrected chi connectivity index (χ2v) is 11.3. The molecule has 0 saturated carbocycles. The molecular formula is C30H41N5O7S2. The van der Waals surface area contributed by atoms with E-state index in [1.807, 2.05) is 0 Å². The van der Waals surface area contributed by atoms with Crippen molar-refractivity contribution in [2.24, 2.45) is 5.73 Å². The van der Waals surface area contributed by atoms with E-state index < -0.39 is 60.3 Å². The number of carbonyl (C=O) groups is 5. The molecule has 2 aromatic carbocycles. The van der Waals surface area contributed by atoms with Crippen molar-refractivity contribution in [2.75, 3.05) is 32.1 Å². The summed E-state index contributed by atoms with van der Waals surface area (Å²) in [6.07, 6.45) is 0.279. The smallest absolute Gasteiger partial charge is 0.327 e. The molecule has 6 N–H and O–H groups in total. The van der Waals surface area contributed by atoms with E-state index in [2.05, 4.69) is 35.9 Å². The van der Waals surface area contributed by atoms with Crippen molar-refractivity contribution in [2.45, 2.75) is 50.9 Å². The minimum Gasteiger partial charge on any atom is -0.508 e. The minimum atomic E-state index is -1.23. The molecule has 2 rings (SSSR count). The Morgan fingerprint density at radius 3 is 2.00 bits per heavy atom. The van der Waals surface area contributed by atoms with Gasteiger partial charge in [0.25, 0.3) is 0 Å². The Balaban J connectivity index is 2.09. The number of carboxylic acid groups (broad SMARTS) is 1. The fraction of sp³-hybridized carbons (Fsp3) is 0.433. The summed E-state index contributed by atoms with van der Waals surface area (Å²) in [4.78, 5) is 66.2. The van der Waals surface area contributed by atoms with Gasteiger partial charge in [-0.25, -0.2) is 4.79 Å². The first-order chi connectivity index (χ1) is 20.7. The number of carbonyl (C=O) groups excluding carboxylic acids is 4. The first kappa shape index (κ1) is 36.4. The molecule has 14 heteroatoms. The molecule has 12 nitrogen and oxygen atoms in total. The molecule has 0 aliphatic rings. The summed E-state index contributed by atoms with van der Waals surface area (Å²) in [5, 5.41) is 24.3. The van der Waals surface area contributed by atoms with Gasteiger partial charge in [0, 0.05) is 32.0 Å². The summed E-state index contributed by atoms with van der Waals surface area (Å²) >= 11 is 8.22. The first-order valence-electron chi connectivity index (χ1n) is 13.8. The lowest BCUT2D eigenvalue weighted by Crippen LogP contribution is -2.56. The number of carboxylic acids is 1. The standard InChI is InChI=1S/C30H41N5O7S2/c1-17-10-20(36)11-18(2)21(17)13-22(31)27(38)33-23(15-43)28(39)32-14-26(37)34(3)24(12-19-8-6-5-7-9-19)29(40)35(4)25(16-44)30(41)42/h5-11,22-25,36,43-44H,12-16,31H2,1-4H3,(H,32,39)(H,33,38)(H,41,42)/t22-,23+,24-,25-/m0/s1. The fourth-order valence-electron chi connectivity index (χ4n) is 4.64. The molecule has 0 spiro atoms. The quantitative estimate of drug-likeness (QED) is 0.135. The number of aromatic hydroxyl groups is 1. The van der Waals surface area contributed by atoms with Gasteiger partial charge in [-0.15, -0.1) is 0 Å². The number of aryl methyl sites for hydroxylation is 2. The average Bonchev–Trinajstić information content (AvgIpc) is 2.98. The Labute approximate surface area is 268 Å². The summed E-state index contributed by atoms with van der Waals surface area (Å²) in [7, 11) is 2.74. The minimum absolute atomic E-state index is 0.0776. The van der Waals surface area contributed by atoms with Gasteiger partial charge in [0.15, 0.2) is 0 Å². The number of phenolic OH excluding ortho intramolecular Hbond substituents is 1. The van der Waals surface area contributed by atoms with Crippen molar-refractivity contribution in [3.8, 4) is 5.75 Å². The zero-order chi connectivity index (χ0) is 33.1.